The first kappa shape index (κ1) is 16.9. The van der Waals surface area contributed by atoms with Crippen LogP contribution >= 0.6 is 0 Å². The Labute approximate surface area is 105 Å². The molecule has 0 spiro atoms. The quantitative estimate of drug-likeness (QED) is 0.655. The number of hydrogen-bond acceptors (Lipinski definition) is 5. The van der Waals surface area contributed by atoms with E-state index in [0.717, 1.165) is 19.1 Å². The number of rotatable bonds is 9. The third-order valence-electron chi connectivity index (χ3n) is 2.67. The van der Waals surface area contributed by atoms with Crippen molar-refractivity contribution in [3.8, 4) is 0 Å². The lowest BCUT2D eigenvalue weighted by Crippen LogP contribution is -2.25. The van der Waals surface area contributed by atoms with Crippen LogP contribution in [0.4, 0.5) is 0 Å². The molecule has 0 saturated heterocycles. The van der Waals surface area contributed by atoms with Crippen LogP contribution < -0.4 is 5.32 Å². The molecule has 104 valence electrons. The normalized spacial score (nSPS) is 14.8. The summed E-state index contributed by atoms with van der Waals surface area (Å²) < 4.78 is 44.9. The van der Waals surface area contributed by atoms with Crippen molar-refractivity contribution in [2.75, 3.05) is 30.6 Å². The van der Waals surface area contributed by atoms with Crippen molar-refractivity contribution in [2.24, 2.45) is 0 Å². The van der Waals surface area contributed by atoms with Crippen molar-refractivity contribution < 1.29 is 16.8 Å². The van der Waals surface area contributed by atoms with Gasteiger partial charge >= 0.3 is 0 Å². The minimum atomic E-state index is -3.23. The minimum absolute atomic E-state index is 0.0701. The molecular formula is C10H23NO4S2. The Bertz CT molecular complexity index is 396. The first-order chi connectivity index (χ1) is 7.70. The highest BCUT2D eigenvalue weighted by Crippen LogP contribution is 2.04. The largest absolute Gasteiger partial charge is 0.317 e. The molecule has 0 aromatic carbocycles. The average Bonchev–Trinajstić information content (AvgIpc) is 2.21. The summed E-state index contributed by atoms with van der Waals surface area (Å²) in [6, 6.07) is 0.333. The average molecular weight is 285 g/mol. The summed E-state index contributed by atoms with van der Waals surface area (Å²) in [5, 5.41) is 3.10. The van der Waals surface area contributed by atoms with Gasteiger partial charge in [0.05, 0.1) is 17.3 Å². The summed E-state index contributed by atoms with van der Waals surface area (Å²) in [7, 11) is -4.58. The Morgan fingerprint density at radius 1 is 1.06 bits per heavy atom. The summed E-state index contributed by atoms with van der Waals surface area (Å²) in [5.41, 5.74) is 0. The smallest absolute Gasteiger partial charge is 0.151 e. The maximum Gasteiger partial charge on any atom is 0.151 e. The maximum atomic E-state index is 11.6. The number of hydrogen-bond donors (Lipinski definition) is 1. The van der Waals surface area contributed by atoms with Crippen molar-refractivity contribution in [3.05, 3.63) is 0 Å². The van der Waals surface area contributed by atoms with E-state index in [1.807, 2.05) is 14.0 Å². The molecule has 0 fully saturated rings. The molecule has 0 radical (unpaired) electrons. The van der Waals surface area contributed by atoms with Gasteiger partial charge in [-0.1, -0.05) is 6.92 Å². The second-order valence-electron chi connectivity index (χ2n) is 4.32. The van der Waals surface area contributed by atoms with Crippen LogP contribution in [0.15, 0.2) is 0 Å². The lowest BCUT2D eigenvalue weighted by atomic mass is 10.1. The third kappa shape index (κ3) is 9.55. The molecule has 7 heteroatoms. The molecule has 0 heterocycles. The van der Waals surface area contributed by atoms with Crippen molar-refractivity contribution in [3.63, 3.8) is 0 Å². The van der Waals surface area contributed by atoms with Crippen LogP contribution in [0.25, 0.3) is 0 Å². The van der Waals surface area contributed by atoms with Crippen molar-refractivity contribution in [2.45, 2.75) is 32.2 Å². The molecule has 0 aromatic heterocycles. The van der Waals surface area contributed by atoms with Crippen LogP contribution in [0, 0.1) is 0 Å². The lowest BCUT2D eigenvalue weighted by Gasteiger charge is -2.13. The van der Waals surface area contributed by atoms with Crippen LogP contribution in [-0.2, 0) is 19.7 Å². The summed E-state index contributed by atoms with van der Waals surface area (Å²) in [6.07, 6.45) is 3.38. The molecule has 17 heavy (non-hydrogen) atoms. The zero-order valence-corrected chi connectivity index (χ0v) is 12.4. The van der Waals surface area contributed by atoms with Gasteiger partial charge < -0.3 is 5.32 Å². The fraction of sp³-hybridized carbons (Fsp3) is 1.00. The molecule has 1 N–H and O–H groups in total. The summed E-state index contributed by atoms with van der Waals surface area (Å²) in [5.74, 6) is -0.471. The van der Waals surface area contributed by atoms with E-state index in [2.05, 4.69) is 5.32 Å². The monoisotopic (exact) mass is 285 g/mol. The fourth-order valence-corrected chi connectivity index (χ4v) is 4.52. The molecule has 1 unspecified atom stereocenters. The zero-order chi connectivity index (χ0) is 13.5. The van der Waals surface area contributed by atoms with Crippen LogP contribution in [0.5, 0.6) is 0 Å². The molecule has 0 saturated carbocycles. The van der Waals surface area contributed by atoms with E-state index in [1.165, 1.54) is 0 Å². The van der Waals surface area contributed by atoms with E-state index in [-0.39, 0.29) is 17.3 Å². The Balaban J connectivity index is 4.03. The van der Waals surface area contributed by atoms with E-state index < -0.39 is 19.7 Å². The van der Waals surface area contributed by atoms with E-state index in [4.69, 9.17) is 0 Å². The van der Waals surface area contributed by atoms with Gasteiger partial charge in [-0.15, -0.1) is 0 Å². The Morgan fingerprint density at radius 2 is 1.65 bits per heavy atom. The van der Waals surface area contributed by atoms with Crippen molar-refractivity contribution in [1.82, 2.24) is 5.32 Å². The fourth-order valence-electron chi connectivity index (χ4n) is 1.48. The Kier molecular flexibility index (Phi) is 7.27. The van der Waals surface area contributed by atoms with Gasteiger partial charge in [-0.25, -0.2) is 16.8 Å². The molecule has 5 nitrogen and oxygen atoms in total. The van der Waals surface area contributed by atoms with Crippen LogP contribution in [-0.4, -0.2) is 53.4 Å². The first-order valence-electron chi connectivity index (χ1n) is 5.75. The van der Waals surface area contributed by atoms with E-state index in [1.54, 1.807) is 0 Å². The highest BCUT2D eigenvalue weighted by molar-refractivity contribution is 7.94. The number of sulfone groups is 2. The van der Waals surface area contributed by atoms with Gasteiger partial charge in [-0.05, 0) is 26.3 Å². The second kappa shape index (κ2) is 7.33. The highest BCUT2D eigenvalue weighted by atomic mass is 32.2. The van der Waals surface area contributed by atoms with Crippen LogP contribution in [0.2, 0.25) is 0 Å². The predicted molar refractivity (Wildman–Crippen MR) is 70.7 cm³/mol. The first-order valence-corrected chi connectivity index (χ1v) is 9.64. The van der Waals surface area contributed by atoms with Crippen molar-refractivity contribution >= 4 is 19.7 Å². The zero-order valence-electron chi connectivity index (χ0n) is 10.8. The van der Waals surface area contributed by atoms with Gasteiger partial charge in [-0.2, -0.15) is 0 Å². The van der Waals surface area contributed by atoms with Crippen molar-refractivity contribution in [1.29, 1.82) is 0 Å². The van der Waals surface area contributed by atoms with E-state index in [9.17, 15) is 16.8 Å². The molecule has 0 rings (SSSR count). The molecule has 1 atom stereocenters. The SMILES string of the molecule is CCC(CCCS(=O)(=O)CCS(C)(=O)=O)NC. The summed E-state index contributed by atoms with van der Waals surface area (Å²) in [6.45, 7) is 2.04. The third-order valence-corrected chi connectivity index (χ3v) is 5.62. The lowest BCUT2D eigenvalue weighted by molar-refractivity contribution is 0.500. The molecule has 0 aromatic rings. The van der Waals surface area contributed by atoms with Gasteiger partial charge in [0.15, 0.2) is 9.84 Å². The minimum Gasteiger partial charge on any atom is -0.317 e. The maximum absolute atomic E-state index is 11.6. The summed E-state index contributed by atoms with van der Waals surface area (Å²) >= 11 is 0. The summed E-state index contributed by atoms with van der Waals surface area (Å²) in [4.78, 5) is 0. The highest BCUT2D eigenvalue weighted by Gasteiger charge is 2.15. The van der Waals surface area contributed by atoms with E-state index >= 15 is 0 Å². The van der Waals surface area contributed by atoms with Gasteiger partial charge in [0.1, 0.15) is 9.84 Å². The molecule has 0 amide bonds. The van der Waals surface area contributed by atoms with Gasteiger partial charge in [0, 0.05) is 12.3 Å². The Morgan fingerprint density at radius 3 is 2.06 bits per heavy atom. The van der Waals surface area contributed by atoms with E-state index in [0.29, 0.717) is 12.5 Å². The van der Waals surface area contributed by atoms with Crippen LogP contribution in [0.1, 0.15) is 26.2 Å². The second-order valence-corrected chi connectivity index (χ2v) is 8.88. The Hall–Kier alpha value is -0.140. The molecule has 0 aliphatic carbocycles. The molecule has 0 bridgehead atoms. The predicted octanol–water partition coefficient (Wildman–Crippen LogP) is 0.224. The van der Waals surface area contributed by atoms with Gasteiger partial charge in [0.25, 0.3) is 0 Å². The molecule has 0 aliphatic heterocycles. The topological polar surface area (TPSA) is 80.3 Å². The molecule has 0 aliphatic rings. The van der Waals surface area contributed by atoms with Gasteiger partial charge in [-0.3, -0.25) is 0 Å². The van der Waals surface area contributed by atoms with Gasteiger partial charge in [0.2, 0.25) is 0 Å². The van der Waals surface area contributed by atoms with Crippen LogP contribution in [0.3, 0.4) is 0 Å². The molecular weight excluding hydrogens is 262 g/mol. The number of nitrogens with one attached hydrogen (secondary N) is 1. The standard InChI is InChI=1S/C10H23NO4S2/c1-4-10(11-2)6-5-7-17(14,15)9-8-16(3,12)13/h10-11H,4-9H2,1-3H3.